The molecular weight excluding hydrogens is 404 g/mol. The molecule has 0 radical (unpaired) electrons. The van der Waals surface area contributed by atoms with Gasteiger partial charge in [0.2, 0.25) is 15.9 Å². The van der Waals surface area contributed by atoms with Gasteiger partial charge in [-0.1, -0.05) is 48.0 Å². The number of halogens is 1. The summed E-state index contributed by atoms with van der Waals surface area (Å²) in [5.74, 6) is 1.27. The molecule has 27 heavy (non-hydrogen) atoms. The Morgan fingerprint density at radius 1 is 1.15 bits per heavy atom. The molecule has 0 saturated carbocycles. The molecule has 5 nitrogen and oxygen atoms in total. The molecule has 2 aromatic carbocycles. The van der Waals surface area contributed by atoms with E-state index in [0.29, 0.717) is 22.8 Å². The van der Waals surface area contributed by atoms with Crippen LogP contribution < -0.4 is 9.62 Å². The molecule has 2 rings (SSSR count). The topological polar surface area (TPSA) is 66.5 Å². The average molecular weight is 427 g/mol. The van der Waals surface area contributed by atoms with Gasteiger partial charge >= 0.3 is 0 Å². The summed E-state index contributed by atoms with van der Waals surface area (Å²) in [5, 5.41) is 3.23. The molecule has 0 fully saturated rings. The molecule has 0 unspecified atom stereocenters. The van der Waals surface area contributed by atoms with Gasteiger partial charge in [-0.05, 0) is 30.2 Å². The van der Waals surface area contributed by atoms with Crippen LogP contribution in [-0.2, 0) is 20.6 Å². The summed E-state index contributed by atoms with van der Waals surface area (Å²) in [6, 6.07) is 15.1. The van der Waals surface area contributed by atoms with Crippen LogP contribution in [0, 0.1) is 6.92 Å². The predicted molar refractivity (Wildman–Crippen MR) is 114 cm³/mol. The molecule has 0 heterocycles. The van der Waals surface area contributed by atoms with Crippen molar-refractivity contribution < 1.29 is 13.2 Å². The highest BCUT2D eigenvalue weighted by Gasteiger charge is 2.22. The Morgan fingerprint density at radius 2 is 1.85 bits per heavy atom. The zero-order valence-corrected chi connectivity index (χ0v) is 17.7. The second-order valence-corrected chi connectivity index (χ2v) is 9.46. The molecule has 1 N–H and O–H groups in total. The monoisotopic (exact) mass is 426 g/mol. The molecule has 1 amide bonds. The first-order chi connectivity index (χ1) is 12.8. The van der Waals surface area contributed by atoms with Crippen molar-refractivity contribution in [1.82, 2.24) is 5.32 Å². The number of hydrogen-bond acceptors (Lipinski definition) is 4. The second-order valence-electron chi connectivity index (χ2n) is 6.04. The van der Waals surface area contributed by atoms with Gasteiger partial charge in [0, 0.05) is 23.1 Å². The normalized spacial score (nSPS) is 11.2. The number of nitrogens with zero attached hydrogens (tertiary/aromatic N) is 1. The van der Waals surface area contributed by atoms with Crippen LogP contribution in [0.1, 0.15) is 11.1 Å². The number of nitrogens with one attached hydrogen (secondary N) is 1. The molecule has 0 bridgehead atoms. The van der Waals surface area contributed by atoms with Crippen LogP contribution in [0.25, 0.3) is 0 Å². The van der Waals surface area contributed by atoms with Gasteiger partial charge in [0.05, 0.1) is 11.9 Å². The summed E-state index contributed by atoms with van der Waals surface area (Å²) >= 11 is 7.80. The number of thioether (sulfide) groups is 1. The van der Waals surface area contributed by atoms with E-state index >= 15 is 0 Å². The van der Waals surface area contributed by atoms with E-state index in [1.165, 1.54) is 5.56 Å². The lowest BCUT2D eigenvalue weighted by molar-refractivity contribution is -0.119. The average Bonchev–Trinajstić information content (AvgIpc) is 2.62. The maximum atomic E-state index is 12.2. The molecule has 0 atom stereocenters. The van der Waals surface area contributed by atoms with Gasteiger partial charge in [-0.2, -0.15) is 11.8 Å². The lowest BCUT2D eigenvalue weighted by atomic mass is 10.2. The quantitative estimate of drug-likeness (QED) is 0.623. The van der Waals surface area contributed by atoms with E-state index in [1.807, 2.05) is 18.2 Å². The SMILES string of the molecule is Cc1c(Cl)cccc1N(CC(=O)NCCSCc1ccccc1)S(C)(=O)=O. The Kier molecular flexibility index (Phi) is 8.01. The molecule has 0 aliphatic carbocycles. The molecule has 0 spiro atoms. The zero-order chi connectivity index (χ0) is 19.9. The van der Waals surface area contributed by atoms with E-state index in [2.05, 4.69) is 17.4 Å². The Bertz CT molecular complexity index is 874. The number of anilines is 1. The highest BCUT2D eigenvalue weighted by Crippen LogP contribution is 2.27. The maximum absolute atomic E-state index is 12.2. The third-order valence-corrected chi connectivity index (χ3v) is 6.44. The predicted octanol–water partition coefficient (Wildman–Crippen LogP) is 3.46. The zero-order valence-electron chi connectivity index (χ0n) is 15.3. The van der Waals surface area contributed by atoms with E-state index in [9.17, 15) is 13.2 Å². The minimum atomic E-state index is -3.61. The lowest BCUT2D eigenvalue weighted by Crippen LogP contribution is -2.41. The van der Waals surface area contributed by atoms with E-state index in [4.69, 9.17) is 11.6 Å². The second kappa shape index (κ2) is 10.0. The first-order valence-electron chi connectivity index (χ1n) is 8.40. The number of carbonyl (C=O) groups is 1. The van der Waals surface area contributed by atoms with Gasteiger partial charge in [-0.15, -0.1) is 0 Å². The number of amides is 1. The fraction of sp³-hybridized carbons (Fsp3) is 0.316. The first-order valence-corrected chi connectivity index (χ1v) is 11.8. The number of hydrogen-bond donors (Lipinski definition) is 1. The minimum Gasteiger partial charge on any atom is -0.354 e. The number of benzene rings is 2. The standard InChI is InChI=1S/C19H23ClN2O3S2/c1-15-17(20)9-6-10-18(15)22(27(2,24)25)13-19(23)21-11-12-26-14-16-7-4-3-5-8-16/h3-10H,11-14H2,1-2H3,(H,21,23). The van der Waals surface area contributed by atoms with Crippen molar-refractivity contribution in [3.8, 4) is 0 Å². The van der Waals surface area contributed by atoms with E-state index in [-0.39, 0.29) is 12.5 Å². The van der Waals surface area contributed by atoms with Crippen molar-refractivity contribution in [2.45, 2.75) is 12.7 Å². The van der Waals surface area contributed by atoms with Gasteiger partial charge in [0.25, 0.3) is 0 Å². The van der Waals surface area contributed by atoms with Crippen molar-refractivity contribution >= 4 is 45.0 Å². The Morgan fingerprint density at radius 3 is 2.52 bits per heavy atom. The van der Waals surface area contributed by atoms with E-state index in [0.717, 1.165) is 22.1 Å². The van der Waals surface area contributed by atoms with Gasteiger partial charge < -0.3 is 5.32 Å². The van der Waals surface area contributed by atoms with Crippen LogP contribution in [0.2, 0.25) is 5.02 Å². The minimum absolute atomic E-state index is 0.274. The van der Waals surface area contributed by atoms with Crippen molar-refractivity contribution in [3.05, 3.63) is 64.7 Å². The van der Waals surface area contributed by atoms with Crippen LogP contribution in [0.3, 0.4) is 0 Å². The fourth-order valence-corrected chi connectivity index (χ4v) is 4.36. The third kappa shape index (κ3) is 6.75. The highest BCUT2D eigenvalue weighted by molar-refractivity contribution is 7.98. The van der Waals surface area contributed by atoms with Gasteiger partial charge in [-0.3, -0.25) is 9.10 Å². The van der Waals surface area contributed by atoms with Gasteiger partial charge in [0.15, 0.2) is 0 Å². The Labute approximate surface area is 170 Å². The number of carbonyl (C=O) groups excluding carboxylic acids is 1. The number of sulfonamides is 1. The number of rotatable bonds is 9. The maximum Gasteiger partial charge on any atom is 0.240 e. The van der Waals surface area contributed by atoms with Crippen LogP contribution >= 0.6 is 23.4 Å². The van der Waals surface area contributed by atoms with Crippen molar-refractivity contribution in [1.29, 1.82) is 0 Å². The van der Waals surface area contributed by atoms with Crippen molar-refractivity contribution in [2.24, 2.45) is 0 Å². The largest absolute Gasteiger partial charge is 0.354 e. The summed E-state index contributed by atoms with van der Waals surface area (Å²) in [4.78, 5) is 12.2. The summed E-state index contributed by atoms with van der Waals surface area (Å²) in [6.45, 7) is 1.93. The smallest absolute Gasteiger partial charge is 0.240 e. The third-order valence-electron chi connectivity index (χ3n) is 3.88. The molecule has 0 aromatic heterocycles. The van der Waals surface area contributed by atoms with Crippen LogP contribution in [-0.4, -0.2) is 39.4 Å². The summed E-state index contributed by atoms with van der Waals surface area (Å²) in [6.07, 6.45) is 1.08. The molecule has 8 heteroatoms. The molecular formula is C19H23ClN2O3S2. The Hall–Kier alpha value is -1.70. The summed E-state index contributed by atoms with van der Waals surface area (Å²) in [7, 11) is -3.61. The summed E-state index contributed by atoms with van der Waals surface area (Å²) < 4.78 is 25.4. The first kappa shape index (κ1) is 21.6. The van der Waals surface area contributed by atoms with Crippen LogP contribution in [0.5, 0.6) is 0 Å². The molecule has 0 aliphatic heterocycles. The van der Waals surface area contributed by atoms with Crippen molar-refractivity contribution in [2.75, 3.05) is 29.4 Å². The molecule has 0 saturated heterocycles. The Balaban J connectivity index is 1.88. The van der Waals surface area contributed by atoms with Crippen molar-refractivity contribution in [3.63, 3.8) is 0 Å². The van der Waals surface area contributed by atoms with Gasteiger partial charge in [0.1, 0.15) is 6.54 Å². The van der Waals surface area contributed by atoms with Gasteiger partial charge in [-0.25, -0.2) is 8.42 Å². The van der Waals surface area contributed by atoms with E-state index < -0.39 is 10.0 Å². The molecule has 2 aromatic rings. The summed E-state index contributed by atoms with van der Waals surface area (Å²) in [5.41, 5.74) is 2.27. The van der Waals surface area contributed by atoms with Crippen LogP contribution in [0.15, 0.2) is 48.5 Å². The molecule has 0 aliphatic rings. The highest BCUT2D eigenvalue weighted by atomic mass is 35.5. The fourth-order valence-electron chi connectivity index (χ4n) is 2.46. The lowest BCUT2D eigenvalue weighted by Gasteiger charge is -2.24. The molecule has 146 valence electrons. The van der Waals surface area contributed by atoms with E-state index in [1.54, 1.807) is 36.9 Å². The van der Waals surface area contributed by atoms with Crippen LogP contribution in [0.4, 0.5) is 5.69 Å².